The van der Waals surface area contributed by atoms with E-state index >= 15 is 0 Å². The predicted molar refractivity (Wildman–Crippen MR) is 109 cm³/mol. The molecule has 2 heteroatoms. The molecule has 0 spiro atoms. The summed E-state index contributed by atoms with van der Waals surface area (Å²) in [6.07, 6.45) is 1.22. The number of hydrogen-bond acceptors (Lipinski definition) is 0. The molecule has 0 N–H and O–H groups in total. The third-order valence-electron chi connectivity index (χ3n) is 4.42. The maximum Gasteiger partial charge on any atom is 0 e. The van der Waals surface area contributed by atoms with Crippen LogP contribution < -0.4 is 0 Å². The Morgan fingerprint density at radius 1 is 0.667 bits per heavy atom. The van der Waals surface area contributed by atoms with Gasteiger partial charge in [0.1, 0.15) is 0 Å². The Labute approximate surface area is 186 Å². The summed E-state index contributed by atoms with van der Waals surface area (Å²) in [5.74, 6) is 1.27. The standard InChI is InChI=1S/C15H18.2C5H5.2Fe/c1-3-12(2)15(13-8-4-5-9-13)14-10-6-7-11-14;2*1-2-4-5-3-1;;/h4-12,15H,3H2,1-2H3;2*1-5H;;/q-2;-5;-1;;. The molecule has 0 nitrogen and oxygen atoms in total. The first-order chi connectivity index (χ1) is 12.3. The Hall–Kier alpha value is -1.56. The summed E-state index contributed by atoms with van der Waals surface area (Å²) in [5, 5.41) is 0. The van der Waals surface area contributed by atoms with Crippen molar-refractivity contribution in [1.29, 1.82) is 0 Å². The Balaban J connectivity index is 0.000000465. The molecule has 0 aromatic heterocycles. The Morgan fingerprint density at radius 2 is 1.04 bits per heavy atom. The summed E-state index contributed by atoms with van der Waals surface area (Å²) in [5.41, 5.74) is 2.91. The summed E-state index contributed by atoms with van der Waals surface area (Å²) in [6.45, 7) is 4.61. The fourth-order valence-corrected chi connectivity index (χ4v) is 2.92. The van der Waals surface area contributed by atoms with Crippen LogP contribution in [0.4, 0.5) is 0 Å². The van der Waals surface area contributed by atoms with E-state index in [9.17, 15) is 0 Å². The van der Waals surface area contributed by atoms with Crippen LogP contribution in [0.15, 0.2) is 109 Å². The van der Waals surface area contributed by atoms with E-state index in [1.807, 2.05) is 60.7 Å². The van der Waals surface area contributed by atoms with Crippen LogP contribution in [0.2, 0.25) is 0 Å². The zero-order valence-electron chi connectivity index (χ0n) is 16.0. The van der Waals surface area contributed by atoms with Crippen LogP contribution in [-0.4, -0.2) is 0 Å². The summed E-state index contributed by atoms with van der Waals surface area (Å²) in [7, 11) is 0. The van der Waals surface area contributed by atoms with Crippen molar-refractivity contribution in [3.8, 4) is 0 Å². The van der Waals surface area contributed by atoms with Crippen LogP contribution in [-0.2, 0) is 34.1 Å². The molecule has 0 fully saturated rings. The maximum atomic E-state index is 2.34. The molecule has 0 saturated heterocycles. The Bertz CT molecular complexity index is 607. The van der Waals surface area contributed by atoms with E-state index in [1.54, 1.807) is 0 Å². The van der Waals surface area contributed by atoms with Gasteiger partial charge in [0.25, 0.3) is 0 Å². The van der Waals surface area contributed by atoms with Crippen molar-refractivity contribution in [3.05, 3.63) is 120 Å². The first-order valence-corrected chi connectivity index (χ1v) is 9.09. The average molecular weight is 440 g/mol. The van der Waals surface area contributed by atoms with Gasteiger partial charge in [0, 0.05) is 34.1 Å². The fourth-order valence-electron chi connectivity index (χ4n) is 2.92. The van der Waals surface area contributed by atoms with Gasteiger partial charge in [0.15, 0.2) is 0 Å². The zero-order chi connectivity index (χ0) is 17.7. The molecule has 4 aromatic rings. The van der Waals surface area contributed by atoms with Gasteiger partial charge in [0.05, 0.1) is 0 Å². The van der Waals surface area contributed by atoms with E-state index in [-0.39, 0.29) is 34.1 Å². The molecule has 0 bridgehead atoms. The van der Waals surface area contributed by atoms with Crippen molar-refractivity contribution in [2.24, 2.45) is 5.92 Å². The minimum absolute atomic E-state index is 0. The zero-order valence-corrected chi connectivity index (χ0v) is 18.2. The third-order valence-corrected chi connectivity index (χ3v) is 4.42. The quantitative estimate of drug-likeness (QED) is 0.234. The second-order valence-electron chi connectivity index (χ2n) is 6.22. The smallest absolute Gasteiger partial charge is 0 e. The third kappa shape index (κ3) is 9.27. The normalized spacial score (nSPS) is 10.3. The average Bonchev–Trinajstić information content (AvgIpc) is 3.47. The van der Waals surface area contributed by atoms with E-state index in [2.05, 4.69) is 62.4 Å². The SMILES string of the molecule is CCC(C)C([c-]1cccc1)[c-]1cccc1.[Fe].[Fe].[cH-]1[cH-][cH-][cH-][cH-]1.c1cc[cH-]c1. The Morgan fingerprint density at radius 3 is 1.30 bits per heavy atom. The van der Waals surface area contributed by atoms with Crippen molar-refractivity contribution in [2.75, 3.05) is 0 Å². The summed E-state index contributed by atoms with van der Waals surface area (Å²) < 4.78 is 0. The summed E-state index contributed by atoms with van der Waals surface area (Å²) >= 11 is 0. The van der Waals surface area contributed by atoms with Crippen LogP contribution in [0.3, 0.4) is 0 Å². The van der Waals surface area contributed by atoms with Crippen LogP contribution in [0.25, 0.3) is 0 Å². The van der Waals surface area contributed by atoms with E-state index in [4.69, 9.17) is 0 Å². The van der Waals surface area contributed by atoms with Crippen molar-refractivity contribution in [3.63, 3.8) is 0 Å². The summed E-state index contributed by atoms with van der Waals surface area (Å²) in [4.78, 5) is 0. The van der Waals surface area contributed by atoms with Gasteiger partial charge in [-0.05, 0) is 0 Å². The molecular formula is C25H28Fe2-8. The molecule has 1 atom stereocenters. The molecule has 0 aliphatic carbocycles. The second-order valence-corrected chi connectivity index (χ2v) is 6.22. The molecule has 0 aliphatic rings. The molecule has 0 amide bonds. The van der Waals surface area contributed by atoms with Gasteiger partial charge in [-0.2, -0.15) is 53.6 Å². The Kier molecular flexibility index (Phi) is 14.6. The van der Waals surface area contributed by atoms with Gasteiger partial charge in [-0.15, -0.1) is 0 Å². The minimum atomic E-state index is 0. The van der Waals surface area contributed by atoms with Gasteiger partial charge in [0.2, 0.25) is 0 Å². The molecule has 27 heavy (non-hydrogen) atoms. The van der Waals surface area contributed by atoms with E-state index in [1.165, 1.54) is 17.5 Å². The van der Waals surface area contributed by atoms with E-state index in [0.29, 0.717) is 11.8 Å². The molecule has 0 radical (unpaired) electrons. The fraction of sp³-hybridized carbons (Fsp3) is 0.200. The van der Waals surface area contributed by atoms with E-state index < -0.39 is 0 Å². The van der Waals surface area contributed by atoms with Crippen LogP contribution >= 0.6 is 0 Å². The molecule has 0 saturated carbocycles. The van der Waals surface area contributed by atoms with Crippen molar-refractivity contribution in [1.82, 2.24) is 0 Å². The molecule has 0 aliphatic heterocycles. The van der Waals surface area contributed by atoms with Crippen molar-refractivity contribution in [2.45, 2.75) is 26.2 Å². The second kappa shape index (κ2) is 15.5. The molecular weight excluding hydrogens is 412 g/mol. The number of rotatable bonds is 4. The van der Waals surface area contributed by atoms with Gasteiger partial charge >= 0.3 is 0 Å². The van der Waals surface area contributed by atoms with Crippen molar-refractivity contribution < 1.29 is 34.1 Å². The molecule has 4 aromatic carbocycles. The topological polar surface area (TPSA) is 0 Å². The van der Waals surface area contributed by atoms with Gasteiger partial charge in [-0.1, -0.05) is 32.1 Å². The van der Waals surface area contributed by atoms with Gasteiger partial charge in [-0.3, -0.25) is 0 Å². The maximum absolute atomic E-state index is 2.34. The molecule has 1 unspecified atom stereocenters. The molecule has 0 heterocycles. The largest absolute Gasteiger partial charge is 0.748 e. The summed E-state index contributed by atoms with van der Waals surface area (Å²) in [6, 6.07) is 37.5. The van der Waals surface area contributed by atoms with Crippen molar-refractivity contribution >= 4 is 0 Å². The van der Waals surface area contributed by atoms with E-state index in [0.717, 1.165) is 0 Å². The molecule has 4 rings (SSSR count). The van der Waals surface area contributed by atoms with Crippen LogP contribution in [0.1, 0.15) is 37.3 Å². The predicted octanol–water partition coefficient (Wildman–Crippen LogP) is 7.11. The van der Waals surface area contributed by atoms with Gasteiger partial charge < -0.3 is 30.3 Å². The van der Waals surface area contributed by atoms with Crippen LogP contribution in [0.5, 0.6) is 0 Å². The first kappa shape index (κ1) is 25.4. The number of hydrogen-bond donors (Lipinski definition) is 0. The monoisotopic (exact) mass is 440 g/mol. The van der Waals surface area contributed by atoms with Crippen LogP contribution in [0, 0.1) is 5.92 Å². The first-order valence-electron chi connectivity index (χ1n) is 9.09. The van der Waals surface area contributed by atoms with Gasteiger partial charge in [-0.25, -0.2) is 36.4 Å². The minimum Gasteiger partial charge on any atom is -0.748 e. The molecule has 152 valence electrons.